The number of hydrogen-bond acceptors (Lipinski definition) is 1. The highest BCUT2D eigenvalue weighted by Crippen LogP contribution is 2.46. The molecule has 72 valence electrons. The molecular formula is C11H10BrNO. The third kappa shape index (κ3) is 0.934. The zero-order valence-electron chi connectivity index (χ0n) is 7.64. The van der Waals surface area contributed by atoms with Crippen molar-refractivity contribution in [1.82, 2.24) is 5.32 Å². The van der Waals surface area contributed by atoms with E-state index in [4.69, 9.17) is 0 Å². The largest absolute Gasteiger partial charge is 0.342 e. The monoisotopic (exact) mass is 251 g/mol. The summed E-state index contributed by atoms with van der Waals surface area (Å²) in [4.78, 5) is 11.7. The third-order valence-corrected chi connectivity index (χ3v) is 3.79. The van der Waals surface area contributed by atoms with E-state index in [-0.39, 0.29) is 11.4 Å². The second-order valence-corrected chi connectivity index (χ2v) is 5.00. The lowest BCUT2D eigenvalue weighted by Crippen LogP contribution is -2.45. The van der Waals surface area contributed by atoms with Crippen molar-refractivity contribution in [3.63, 3.8) is 0 Å². The molecule has 3 rings (SSSR count). The normalized spacial score (nSPS) is 21.6. The van der Waals surface area contributed by atoms with E-state index in [1.165, 1.54) is 12.0 Å². The number of fused-ring (bicyclic) bond motifs is 2. The summed E-state index contributed by atoms with van der Waals surface area (Å²) in [5, 5.41) is 3.10. The molecule has 2 nitrogen and oxygen atoms in total. The summed E-state index contributed by atoms with van der Waals surface area (Å²) >= 11 is 3.45. The van der Waals surface area contributed by atoms with Crippen LogP contribution in [-0.2, 0) is 5.54 Å². The van der Waals surface area contributed by atoms with Gasteiger partial charge < -0.3 is 5.32 Å². The van der Waals surface area contributed by atoms with Crippen molar-refractivity contribution in [2.45, 2.75) is 24.8 Å². The molecule has 0 saturated heterocycles. The highest BCUT2D eigenvalue weighted by atomic mass is 79.9. The van der Waals surface area contributed by atoms with Gasteiger partial charge in [-0.3, -0.25) is 4.79 Å². The van der Waals surface area contributed by atoms with Gasteiger partial charge in [-0.25, -0.2) is 0 Å². The fourth-order valence-corrected chi connectivity index (χ4v) is 2.75. The zero-order valence-corrected chi connectivity index (χ0v) is 9.23. The van der Waals surface area contributed by atoms with Crippen LogP contribution in [0.25, 0.3) is 0 Å². The maximum atomic E-state index is 11.7. The van der Waals surface area contributed by atoms with E-state index in [1.807, 2.05) is 12.1 Å². The van der Waals surface area contributed by atoms with Crippen LogP contribution < -0.4 is 5.32 Å². The maximum Gasteiger partial charge on any atom is 0.252 e. The standard InChI is InChI=1S/C11H10BrNO/c12-7-2-3-8-9(6-7)11(4-1-5-11)13-10(8)14/h2-3,6H,1,4-5H2,(H,13,14). The van der Waals surface area contributed by atoms with Gasteiger partial charge in [0.05, 0.1) is 5.54 Å². The van der Waals surface area contributed by atoms with Gasteiger partial charge >= 0.3 is 0 Å². The highest BCUT2D eigenvalue weighted by molar-refractivity contribution is 9.10. The Morgan fingerprint density at radius 3 is 2.79 bits per heavy atom. The van der Waals surface area contributed by atoms with Crippen LogP contribution >= 0.6 is 15.9 Å². The number of rotatable bonds is 0. The first-order valence-corrected chi connectivity index (χ1v) is 5.63. The average molecular weight is 252 g/mol. The molecule has 3 heteroatoms. The molecule has 0 radical (unpaired) electrons. The maximum absolute atomic E-state index is 11.7. The van der Waals surface area contributed by atoms with Crippen molar-refractivity contribution in [2.24, 2.45) is 0 Å². The van der Waals surface area contributed by atoms with Crippen LogP contribution in [-0.4, -0.2) is 5.91 Å². The van der Waals surface area contributed by atoms with E-state index < -0.39 is 0 Å². The summed E-state index contributed by atoms with van der Waals surface area (Å²) in [6, 6.07) is 5.91. The summed E-state index contributed by atoms with van der Waals surface area (Å²) < 4.78 is 1.05. The molecule has 1 aromatic rings. The molecule has 1 amide bonds. The second kappa shape index (κ2) is 2.60. The van der Waals surface area contributed by atoms with Crippen LogP contribution in [0.3, 0.4) is 0 Å². The molecule has 1 aliphatic heterocycles. The lowest BCUT2D eigenvalue weighted by atomic mass is 9.73. The quantitative estimate of drug-likeness (QED) is 0.755. The Morgan fingerprint density at radius 1 is 1.36 bits per heavy atom. The van der Waals surface area contributed by atoms with Gasteiger partial charge in [0.15, 0.2) is 0 Å². The van der Waals surface area contributed by atoms with Gasteiger partial charge in [-0.2, -0.15) is 0 Å². The first-order valence-electron chi connectivity index (χ1n) is 4.84. The van der Waals surface area contributed by atoms with Gasteiger partial charge in [0.2, 0.25) is 0 Å². The van der Waals surface area contributed by atoms with E-state index >= 15 is 0 Å². The molecular weight excluding hydrogens is 242 g/mol. The number of carbonyl (C=O) groups is 1. The SMILES string of the molecule is O=C1NC2(CCC2)c2cc(Br)ccc21. The van der Waals surface area contributed by atoms with Crippen molar-refractivity contribution in [3.05, 3.63) is 33.8 Å². The molecule has 1 aromatic carbocycles. The minimum absolute atomic E-state index is 0.0177. The fourth-order valence-electron chi connectivity index (χ4n) is 2.39. The van der Waals surface area contributed by atoms with Crippen LogP contribution in [0.4, 0.5) is 0 Å². The minimum atomic E-state index is -0.0177. The van der Waals surface area contributed by atoms with Crippen LogP contribution in [0.1, 0.15) is 35.2 Å². The van der Waals surface area contributed by atoms with Gasteiger partial charge in [-0.05, 0) is 43.0 Å². The van der Waals surface area contributed by atoms with Crippen molar-refractivity contribution >= 4 is 21.8 Å². The molecule has 2 aliphatic rings. The Hall–Kier alpha value is -0.830. The molecule has 1 saturated carbocycles. The Balaban J connectivity index is 2.20. The van der Waals surface area contributed by atoms with E-state index in [0.29, 0.717) is 0 Å². The lowest BCUT2D eigenvalue weighted by Gasteiger charge is -2.39. The van der Waals surface area contributed by atoms with Gasteiger partial charge in [-0.1, -0.05) is 15.9 Å². The first kappa shape index (κ1) is 8.48. The predicted molar refractivity (Wildman–Crippen MR) is 57.1 cm³/mol. The predicted octanol–water partition coefficient (Wildman–Crippen LogP) is 2.57. The number of halogens is 1. The molecule has 1 fully saturated rings. The zero-order chi connectivity index (χ0) is 9.76. The average Bonchev–Trinajstić information content (AvgIpc) is 2.38. The smallest absolute Gasteiger partial charge is 0.252 e. The molecule has 1 aliphatic carbocycles. The molecule has 0 bridgehead atoms. The Kier molecular flexibility index (Phi) is 1.57. The lowest BCUT2D eigenvalue weighted by molar-refractivity contribution is 0.0880. The molecule has 1 N–H and O–H groups in total. The number of benzene rings is 1. The van der Waals surface area contributed by atoms with Crippen molar-refractivity contribution in [1.29, 1.82) is 0 Å². The molecule has 1 heterocycles. The topological polar surface area (TPSA) is 29.1 Å². The van der Waals surface area contributed by atoms with E-state index in [9.17, 15) is 4.79 Å². The first-order chi connectivity index (χ1) is 6.71. The van der Waals surface area contributed by atoms with Crippen LogP contribution in [0, 0.1) is 0 Å². The summed E-state index contributed by atoms with van der Waals surface area (Å²) in [7, 11) is 0. The summed E-state index contributed by atoms with van der Waals surface area (Å²) in [6.45, 7) is 0. The fraction of sp³-hybridized carbons (Fsp3) is 0.364. The Morgan fingerprint density at radius 2 is 2.14 bits per heavy atom. The third-order valence-electron chi connectivity index (χ3n) is 3.30. The number of hydrogen-bond donors (Lipinski definition) is 1. The minimum Gasteiger partial charge on any atom is -0.342 e. The molecule has 0 unspecified atom stereocenters. The van der Waals surface area contributed by atoms with E-state index in [2.05, 4.69) is 27.3 Å². The molecule has 14 heavy (non-hydrogen) atoms. The molecule has 0 atom stereocenters. The Bertz CT molecular complexity index is 423. The Labute approximate surface area is 90.8 Å². The van der Waals surface area contributed by atoms with Crippen LogP contribution in [0.5, 0.6) is 0 Å². The summed E-state index contributed by atoms with van der Waals surface area (Å²) in [5.74, 6) is 0.0900. The highest BCUT2D eigenvalue weighted by Gasteiger charge is 2.46. The van der Waals surface area contributed by atoms with E-state index in [0.717, 1.165) is 22.9 Å². The van der Waals surface area contributed by atoms with Gasteiger partial charge in [0, 0.05) is 10.0 Å². The van der Waals surface area contributed by atoms with Crippen LogP contribution in [0.2, 0.25) is 0 Å². The van der Waals surface area contributed by atoms with Crippen LogP contribution in [0.15, 0.2) is 22.7 Å². The van der Waals surface area contributed by atoms with Gasteiger partial charge in [0.25, 0.3) is 5.91 Å². The summed E-state index contributed by atoms with van der Waals surface area (Å²) in [6.07, 6.45) is 3.39. The van der Waals surface area contributed by atoms with E-state index in [1.54, 1.807) is 0 Å². The van der Waals surface area contributed by atoms with Crippen molar-refractivity contribution in [3.8, 4) is 0 Å². The summed E-state index contributed by atoms with van der Waals surface area (Å²) in [5.41, 5.74) is 2.02. The van der Waals surface area contributed by atoms with Gasteiger partial charge in [0.1, 0.15) is 0 Å². The second-order valence-electron chi connectivity index (χ2n) is 4.08. The number of nitrogens with one attached hydrogen (secondary N) is 1. The molecule has 1 spiro atoms. The number of carbonyl (C=O) groups excluding carboxylic acids is 1. The van der Waals surface area contributed by atoms with Crippen molar-refractivity contribution in [2.75, 3.05) is 0 Å². The number of amides is 1. The van der Waals surface area contributed by atoms with Crippen molar-refractivity contribution < 1.29 is 4.79 Å². The molecule has 0 aromatic heterocycles. The van der Waals surface area contributed by atoms with Gasteiger partial charge in [-0.15, -0.1) is 0 Å².